The summed E-state index contributed by atoms with van der Waals surface area (Å²) in [5.74, 6) is -1.27. The van der Waals surface area contributed by atoms with Crippen LogP contribution in [0.15, 0.2) is 48.0 Å². The van der Waals surface area contributed by atoms with Crippen LogP contribution in [0.4, 0.5) is 5.13 Å². The minimum Gasteiger partial charge on any atom is -0.507 e. The number of aliphatic hydroxyl groups is 1. The lowest BCUT2D eigenvalue weighted by Crippen LogP contribution is -2.29. The van der Waals surface area contributed by atoms with Crippen LogP contribution in [0.3, 0.4) is 0 Å². The lowest BCUT2D eigenvalue weighted by Gasteiger charge is -2.24. The fourth-order valence-corrected chi connectivity index (χ4v) is 5.46. The van der Waals surface area contributed by atoms with Crippen LogP contribution in [0, 0.1) is 6.92 Å². The topological polar surface area (TPSA) is 124 Å². The van der Waals surface area contributed by atoms with E-state index < -0.39 is 23.7 Å². The van der Waals surface area contributed by atoms with E-state index in [1.165, 1.54) is 12.0 Å². The number of methoxy groups -OCH3 is 1. The highest BCUT2D eigenvalue weighted by Gasteiger charge is 2.48. The summed E-state index contributed by atoms with van der Waals surface area (Å²) in [5.41, 5.74) is 1.03. The molecule has 0 aliphatic carbocycles. The van der Waals surface area contributed by atoms with Crippen molar-refractivity contribution in [3.63, 3.8) is 0 Å². The summed E-state index contributed by atoms with van der Waals surface area (Å²) in [6.07, 6.45) is 0.793. The number of fused-ring (bicyclic) bond motifs is 1. The van der Waals surface area contributed by atoms with E-state index in [2.05, 4.69) is 4.98 Å². The van der Waals surface area contributed by atoms with Crippen molar-refractivity contribution in [3.8, 4) is 17.2 Å². The minimum atomic E-state index is -1.04. The van der Waals surface area contributed by atoms with Crippen LogP contribution in [0.2, 0.25) is 0 Å². The summed E-state index contributed by atoms with van der Waals surface area (Å²) in [7, 11) is 1.25. The van der Waals surface area contributed by atoms with E-state index >= 15 is 0 Å². The van der Waals surface area contributed by atoms with Crippen molar-refractivity contribution in [2.75, 3.05) is 31.8 Å². The van der Waals surface area contributed by atoms with Gasteiger partial charge in [-0.1, -0.05) is 30.4 Å². The molecule has 0 radical (unpaired) electrons. The van der Waals surface area contributed by atoms with Crippen molar-refractivity contribution in [3.05, 3.63) is 69.7 Å². The average molecular weight is 551 g/mol. The number of Topliss-reactive ketones (excluding diaryl/α,β-unsaturated/α-hetero) is 1. The number of esters is 1. The second kappa shape index (κ2) is 10.8. The lowest BCUT2D eigenvalue weighted by atomic mass is 9.95. The molecule has 1 unspecified atom stereocenters. The van der Waals surface area contributed by atoms with Crippen molar-refractivity contribution >= 4 is 39.9 Å². The second-order valence-electron chi connectivity index (χ2n) is 8.85. The summed E-state index contributed by atoms with van der Waals surface area (Å²) < 4.78 is 21.8. The number of aliphatic hydroxyl groups excluding tert-OH is 1. The molecular formula is C28H26N2O8S. The largest absolute Gasteiger partial charge is 0.507 e. The van der Waals surface area contributed by atoms with E-state index in [9.17, 15) is 19.5 Å². The number of hydrogen-bond donors (Lipinski definition) is 1. The van der Waals surface area contributed by atoms with Gasteiger partial charge >= 0.3 is 11.9 Å². The number of nitrogens with zero attached hydrogens (tertiary/aromatic N) is 2. The Morgan fingerprint density at radius 3 is 2.67 bits per heavy atom. The SMILES string of the molecule is CCCOc1cccc(C2C(=C(O)c3ccc4c(c3)OCCO4)C(=O)C(=O)N2c2nc(C)c(C(=O)OC)s2)c1. The molecule has 1 N–H and O–H groups in total. The number of aryl methyl sites for hydroxylation is 1. The first kappa shape index (κ1) is 26.2. The zero-order chi connectivity index (χ0) is 27.7. The van der Waals surface area contributed by atoms with E-state index in [-0.39, 0.29) is 26.9 Å². The van der Waals surface area contributed by atoms with E-state index in [1.807, 2.05) is 6.92 Å². The number of ketones is 1. The number of carbonyl (C=O) groups is 3. The number of hydrogen-bond acceptors (Lipinski definition) is 10. The molecule has 10 nitrogen and oxygen atoms in total. The quantitative estimate of drug-likeness (QED) is 0.197. The van der Waals surface area contributed by atoms with Gasteiger partial charge in [0, 0.05) is 5.56 Å². The highest BCUT2D eigenvalue weighted by Crippen LogP contribution is 2.45. The molecule has 1 atom stereocenters. The van der Waals surface area contributed by atoms with Gasteiger partial charge in [0.05, 0.1) is 31.0 Å². The molecule has 0 bridgehead atoms. The third-order valence-corrected chi connectivity index (χ3v) is 7.41. The van der Waals surface area contributed by atoms with Crippen LogP contribution in [0.25, 0.3) is 5.76 Å². The van der Waals surface area contributed by atoms with Crippen LogP contribution in [0.5, 0.6) is 17.2 Å². The molecule has 1 amide bonds. The maximum atomic E-state index is 13.5. The van der Waals surface area contributed by atoms with Crippen LogP contribution in [-0.4, -0.2) is 54.7 Å². The highest BCUT2D eigenvalue weighted by molar-refractivity contribution is 7.17. The van der Waals surface area contributed by atoms with Gasteiger partial charge in [0.15, 0.2) is 16.6 Å². The van der Waals surface area contributed by atoms with Gasteiger partial charge in [0.25, 0.3) is 5.78 Å². The predicted molar refractivity (Wildman–Crippen MR) is 143 cm³/mol. The molecule has 5 rings (SSSR count). The molecule has 202 valence electrons. The normalized spacial score (nSPS) is 17.8. The molecule has 3 heterocycles. The van der Waals surface area contributed by atoms with Crippen molar-refractivity contribution in [1.29, 1.82) is 0 Å². The third-order valence-electron chi connectivity index (χ3n) is 6.27. The molecule has 0 spiro atoms. The summed E-state index contributed by atoms with van der Waals surface area (Å²) in [5, 5.41) is 11.6. The molecular weight excluding hydrogens is 524 g/mol. The first-order chi connectivity index (χ1) is 18.8. The van der Waals surface area contributed by atoms with Gasteiger partial charge in [-0.15, -0.1) is 0 Å². The van der Waals surface area contributed by atoms with Gasteiger partial charge < -0.3 is 24.1 Å². The van der Waals surface area contributed by atoms with Gasteiger partial charge in [0.2, 0.25) is 0 Å². The molecule has 2 aromatic carbocycles. The average Bonchev–Trinajstić information content (AvgIpc) is 3.47. The number of anilines is 1. The lowest BCUT2D eigenvalue weighted by molar-refractivity contribution is -0.132. The number of aromatic nitrogens is 1. The molecule has 39 heavy (non-hydrogen) atoms. The fraction of sp³-hybridized carbons (Fsp3) is 0.286. The van der Waals surface area contributed by atoms with Gasteiger partial charge in [-0.25, -0.2) is 9.78 Å². The van der Waals surface area contributed by atoms with E-state index in [0.717, 1.165) is 17.8 Å². The Hall–Kier alpha value is -4.38. The molecule has 1 aromatic heterocycles. The van der Waals surface area contributed by atoms with Crippen molar-refractivity contribution in [1.82, 2.24) is 4.98 Å². The molecule has 1 saturated heterocycles. The van der Waals surface area contributed by atoms with Crippen LogP contribution in [0.1, 0.15) is 45.9 Å². The Balaban J connectivity index is 1.68. The molecule has 11 heteroatoms. The summed E-state index contributed by atoms with van der Waals surface area (Å²) in [4.78, 5) is 45.1. The number of amides is 1. The first-order valence-corrected chi connectivity index (χ1v) is 13.1. The predicted octanol–water partition coefficient (Wildman–Crippen LogP) is 4.42. The van der Waals surface area contributed by atoms with Gasteiger partial charge in [0.1, 0.15) is 29.6 Å². The molecule has 2 aliphatic rings. The Morgan fingerprint density at radius 2 is 1.92 bits per heavy atom. The molecule has 1 fully saturated rings. The molecule has 3 aromatic rings. The van der Waals surface area contributed by atoms with Crippen LogP contribution in [-0.2, 0) is 14.3 Å². The van der Waals surface area contributed by atoms with E-state index in [1.54, 1.807) is 49.4 Å². The van der Waals surface area contributed by atoms with Crippen molar-refractivity contribution < 1.29 is 38.4 Å². The Bertz CT molecular complexity index is 1490. The zero-order valence-electron chi connectivity index (χ0n) is 21.6. The summed E-state index contributed by atoms with van der Waals surface area (Å²) >= 11 is 0.935. The molecule has 2 aliphatic heterocycles. The van der Waals surface area contributed by atoms with Gasteiger partial charge in [-0.2, -0.15) is 0 Å². The monoisotopic (exact) mass is 550 g/mol. The Kier molecular flexibility index (Phi) is 7.25. The number of benzene rings is 2. The second-order valence-corrected chi connectivity index (χ2v) is 9.83. The van der Waals surface area contributed by atoms with Crippen molar-refractivity contribution in [2.45, 2.75) is 26.3 Å². The van der Waals surface area contributed by atoms with Crippen molar-refractivity contribution in [2.24, 2.45) is 0 Å². The standard InChI is InChI=1S/C28H26N2O8S/c1-4-10-36-18-7-5-6-16(13-18)22-21(23(31)17-8-9-19-20(14-17)38-12-11-37-19)24(32)26(33)30(22)28-29-15(2)25(39-28)27(34)35-3/h5-9,13-14,22,31H,4,10-12H2,1-3H3. The fourth-order valence-electron chi connectivity index (χ4n) is 4.45. The summed E-state index contributed by atoms with van der Waals surface area (Å²) in [6.45, 7) is 4.83. The number of rotatable bonds is 7. The van der Waals surface area contributed by atoms with Crippen LogP contribution >= 0.6 is 11.3 Å². The Morgan fingerprint density at radius 1 is 1.15 bits per heavy atom. The maximum absolute atomic E-state index is 13.5. The minimum absolute atomic E-state index is 0.126. The van der Waals surface area contributed by atoms with Gasteiger partial charge in [-0.3, -0.25) is 14.5 Å². The third kappa shape index (κ3) is 4.81. The van der Waals surface area contributed by atoms with E-state index in [0.29, 0.717) is 48.3 Å². The van der Waals surface area contributed by atoms with E-state index in [4.69, 9.17) is 18.9 Å². The smallest absolute Gasteiger partial charge is 0.350 e. The first-order valence-electron chi connectivity index (χ1n) is 12.3. The maximum Gasteiger partial charge on any atom is 0.350 e. The highest BCUT2D eigenvalue weighted by atomic mass is 32.1. The number of ether oxygens (including phenoxy) is 4. The number of carbonyl (C=O) groups excluding carboxylic acids is 3. The van der Waals surface area contributed by atoms with Gasteiger partial charge in [-0.05, 0) is 49.2 Å². The zero-order valence-corrected chi connectivity index (χ0v) is 22.4. The van der Waals surface area contributed by atoms with Crippen LogP contribution < -0.4 is 19.1 Å². The Labute approximate surface area is 228 Å². The molecule has 0 saturated carbocycles. The number of thiazole rings is 1. The summed E-state index contributed by atoms with van der Waals surface area (Å²) in [6, 6.07) is 10.7.